The molecule has 0 bridgehead atoms. The van der Waals surface area contributed by atoms with E-state index in [2.05, 4.69) is 26.0 Å². The van der Waals surface area contributed by atoms with E-state index in [1.165, 1.54) is 5.57 Å². The summed E-state index contributed by atoms with van der Waals surface area (Å²) in [5.41, 5.74) is 2.35. The molecular weight excluding hydrogens is 225 g/mol. The molecule has 0 heterocycles. The van der Waals surface area contributed by atoms with Gasteiger partial charge >= 0.3 is 0 Å². The smallest absolute Gasteiger partial charge is 0.107 e. The quantitative estimate of drug-likeness (QED) is 0.605. The molecule has 0 spiro atoms. The molecule has 0 unspecified atom stereocenters. The first-order valence-corrected chi connectivity index (χ1v) is 6.84. The Hall–Kier alpha value is -1.05. The molecule has 2 heteroatoms. The van der Waals surface area contributed by atoms with E-state index in [4.69, 9.17) is 0 Å². The van der Waals surface area contributed by atoms with Gasteiger partial charge in [-0.1, -0.05) is 45.9 Å². The van der Waals surface area contributed by atoms with E-state index in [0.717, 1.165) is 5.70 Å². The highest BCUT2D eigenvalue weighted by atomic mass is 19.1. The second-order valence-electron chi connectivity index (χ2n) is 4.10. The summed E-state index contributed by atoms with van der Waals surface area (Å²) in [4.78, 5) is 1.92. The molecule has 0 aliphatic carbocycles. The number of halogens is 1. The minimum atomic E-state index is -0.317. The van der Waals surface area contributed by atoms with Crippen LogP contribution in [0.3, 0.4) is 0 Å². The lowest BCUT2D eigenvalue weighted by Gasteiger charge is -2.18. The Morgan fingerprint density at radius 2 is 1.67 bits per heavy atom. The van der Waals surface area contributed by atoms with Gasteiger partial charge < -0.3 is 4.90 Å². The highest BCUT2D eigenvalue weighted by molar-refractivity contribution is 5.27. The number of hydrogen-bond donors (Lipinski definition) is 0. The first-order chi connectivity index (χ1) is 8.56. The van der Waals surface area contributed by atoms with Crippen LogP contribution in [0.15, 0.2) is 35.6 Å². The minimum absolute atomic E-state index is 0.317. The van der Waals surface area contributed by atoms with Gasteiger partial charge in [-0.3, -0.25) is 0 Å². The van der Waals surface area contributed by atoms with Crippen LogP contribution in [-0.4, -0.2) is 25.2 Å². The molecule has 0 N–H and O–H groups in total. The first-order valence-electron chi connectivity index (χ1n) is 6.84. The van der Waals surface area contributed by atoms with Crippen LogP contribution in [0.25, 0.3) is 0 Å². The van der Waals surface area contributed by atoms with E-state index < -0.39 is 0 Å². The highest BCUT2D eigenvalue weighted by Crippen LogP contribution is 2.13. The molecule has 18 heavy (non-hydrogen) atoms. The van der Waals surface area contributed by atoms with Gasteiger partial charge in [-0.25, -0.2) is 4.39 Å². The SMILES string of the molecule is CC.C\C=C(/C=C\C(=C/C)N(C)CCF)C(C)C. The highest BCUT2D eigenvalue weighted by Gasteiger charge is 2.01. The van der Waals surface area contributed by atoms with E-state index in [1.807, 2.05) is 51.8 Å². The van der Waals surface area contributed by atoms with Crippen LogP contribution in [-0.2, 0) is 0 Å². The summed E-state index contributed by atoms with van der Waals surface area (Å²) in [6.07, 6.45) is 8.27. The molecule has 0 aliphatic rings. The maximum Gasteiger partial charge on any atom is 0.107 e. The van der Waals surface area contributed by atoms with Crippen molar-refractivity contribution in [2.24, 2.45) is 5.92 Å². The van der Waals surface area contributed by atoms with E-state index >= 15 is 0 Å². The van der Waals surface area contributed by atoms with Crippen molar-refractivity contribution in [2.75, 3.05) is 20.3 Å². The third-order valence-corrected chi connectivity index (χ3v) is 2.60. The zero-order chi connectivity index (χ0) is 14.6. The molecule has 106 valence electrons. The predicted molar refractivity (Wildman–Crippen MR) is 81.4 cm³/mol. The fraction of sp³-hybridized carbons (Fsp3) is 0.625. The van der Waals surface area contributed by atoms with Crippen LogP contribution in [0, 0.1) is 5.92 Å². The van der Waals surface area contributed by atoms with E-state index in [0.29, 0.717) is 12.5 Å². The van der Waals surface area contributed by atoms with Crippen molar-refractivity contribution in [3.05, 3.63) is 35.6 Å². The monoisotopic (exact) mass is 255 g/mol. The Labute approximate surface area is 113 Å². The minimum Gasteiger partial charge on any atom is -0.372 e. The predicted octanol–water partition coefficient (Wildman–Crippen LogP) is 4.98. The van der Waals surface area contributed by atoms with Crippen molar-refractivity contribution in [3.8, 4) is 0 Å². The van der Waals surface area contributed by atoms with Crippen molar-refractivity contribution in [2.45, 2.75) is 41.5 Å². The van der Waals surface area contributed by atoms with Crippen molar-refractivity contribution >= 4 is 0 Å². The van der Waals surface area contributed by atoms with Gasteiger partial charge in [0.2, 0.25) is 0 Å². The summed E-state index contributed by atoms with van der Waals surface area (Å²) in [5.74, 6) is 0.519. The maximum absolute atomic E-state index is 12.2. The molecule has 0 fully saturated rings. The summed E-state index contributed by atoms with van der Waals surface area (Å²) in [7, 11) is 1.91. The first kappa shape index (κ1) is 19.3. The summed E-state index contributed by atoms with van der Waals surface area (Å²) in [6, 6.07) is 0. The van der Waals surface area contributed by atoms with Crippen LogP contribution in [0.4, 0.5) is 4.39 Å². The average Bonchev–Trinajstić information content (AvgIpc) is 2.37. The van der Waals surface area contributed by atoms with Crippen LogP contribution < -0.4 is 0 Å². The second kappa shape index (κ2) is 12.4. The van der Waals surface area contributed by atoms with Crippen LogP contribution in [0.2, 0.25) is 0 Å². The number of likely N-dealkylation sites (N-methyl/N-ethyl adjacent to an activating group) is 1. The molecule has 0 rings (SSSR count). The normalized spacial score (nSPS) is 12.7. The molecule has 0 atom stereocenters. The molecule has 0 aromatic rings. The van der Waals surface area contributed by atoms with Gasteiger partial charge in [0.25, 0.3) is 0 Å². The second-order valence-corrected chi connectivity index (χ2v) is 4.10. The van der Waals surface area contributed by atoms with E-state index in [-0.39, 0.29) is 6.67 Å². The van der Waals surface area contributed by atoms with Gasteiger partial charge in [0, 0.05) is 19.3 Å². The Bertz CT molecular complexity index is 275. The van der Waals surface area contributed by atoms with E-state index in [9.17, 15) is 4.39 Å². The third kappa shape index (κ3) is 8.10. The molecule has 0 aromatic carbocycles. The molecular formula is C16H30FN. The molecule has 0 radical (unpaired) electrons. The van der Waals surface area contributed by atoms with Gasteiger partial charge in [-0.05, 0) is 31.4 Å². The number of allylic oxidation sites excluding steroid dienone is 5. The Morgan fingerprint density at radius 3 is 2.00 bits per heavy atom. The largest absolute Gasteiger partial charge is 0.372 e. The van der Waals surface area contributed by atoms with Crippen LogP contribution in [0.5, 0.6) is 0 Å². The van der Waals surface area contributed by atoms with Gasteiger partial charge in [-0.15, -0.1) is 0 Å². The standard InChI is InChI=1S/C14H24FN.C2H6/c1-6-13(12(3)4)8-9-14(7-2)16(5)11-10-15;1-2/h6-9,12H,10-11H2,1-5H3;1-2H3/b9-8-,13-6+,14-7+;. The zero-order valence-electron chi connectivity index (χ0n) is 13.1. The number of alkyl halides is 1. The summed E-state index contributed by atoms with van der Waals surface area (Å²) >= 11 is 0. The Balaban J connectivity index is 0. The summed E-state index contributed by atoms with van der Waals surface area (Å²) in [5, 5.41) is 0. The van der Waals surface area contributed by atoms with Crippen molar-refractivity contribution in [1.82, 2.24) is 4.90 Å². The molecule has 0 amide bonds. The Kier molecular flexibility index (Phi) is 13.3. The van der Waals surface area contributed by atoms with Gasteiger partial charge in [0.15, 0.2) is 0 Å². The van der Waals surface area contributed by atoms with E-state index in [1.54, 1.807) is 0 Å². The maximum atomic E-state index is 12.2. The molecule has 0 aliphatic heterocycles. The fourth-order valence-electron chi connectivity index (χ4n) is 1.50. The lowest BCUT2D eigenvalue weighted by atomic mass is 10.0. The van der Waals surface area contributed by atoms with Crippen LogP contribution >= 0.6 is 0 Å². The number of hydrogen-bond acceptors (Lipinski definition) is 1. The molecule has 1 nitrogen and oxygen atoms in total. The summed E-state index contributed by atoms with van der Waals surface area (Å²) in [6.45, 7) is 12.5. The molecule has 0 saturated carbocycles. The van der Waals surface area contributed by atoms with Gasteiger partial charge in [0.1, 0.15) is 6.67 Å². The average molecular weight is 255 g/mol. The topological polar surface area (TPSA) is 3.24 Å². The zero-order valence-corrected chi connectivity index (χ0v) is 13.1. The molecule has 0 aromatic heterocycles. The van der Waals surface area contributed by atoms with Crippen molar-refractivity contribution in [3.63, 3.8) is 0 Å². The van der Waals surface area contributed by atoms with Crippen molar-refractivity contribution < 1.29 is 4.39 Å². The summed E-state index contributed by atoms with van der Waals surface area (Å²) < 4.78 is 12.2. The Morgan fingerprint density at radius 1 is 1.11 bits per heavy atom. The number of rotatable bonds is 6. The molecule has 0 saturated heterocycles. The third-order valence-electron chi connectivity index (χ3n) is 2.60. The van der Waals surface area contributed by atoms with Crippen molar-refractivity contribution in [1.29, 1.82) is 0 Å². The lowest BCUT2D eigenvalue weighted by Crippen LogP contribution is -2.19. The van der Waals surface area contributed by atoms with Gasteiger partial charge in [-0.2, -0.15) is 0 Å². The number of nitrogens with zero attached hydrogens (tertiary/aromatic N) is 1. The fourth-order valence-corrected chi connectivity index (χ4v) is 1.50. The lowest BCUT2D eigenvalue weighted by molar-refractivity contribution is 0.357. The van der Waals surface area contributed by atoms with Crippen LogP contribution in [0.1, 0.15) is 41.5 Å². The van der Waals surface area contributed by atoms with Gasteiger partial charge in [0.05, 0.1) is 0 Å².